The fourth-order valence-electron chi connectivity index (χ4n) is 2.51. The van der Waals surface area contributed by atoms with Crippen LogP contribution in [0.15, 0.2) is 60.7 Å². The molecule has 1 aromatic heterocycles. The standard InChI is InChI=1S/C21H25N5/c1-16-9-11-18(12-10-16)23-20-15-19(22-13-14-26(2)3)24-21(25-20)17-7-5-4-6-8-17/h4-12,15H,13-14H2,1-3H3,(H2,22,23,24,25). The molecule has 1 heterocycles. The first-order chi connectivity index (χ1) is 12.6. The third kappa shape index (κ3) is 5.04. The average Bonchev–Trinajstić information content (AvgIpc) is 2.64. The van der Waals surface area contributed by atoms with Gasteiger partial charge in [-0.15, -0.1) is 0 Å². The second-order valence-corrected chi connectivity index (χ2v) is 6.55. The van der Waals surface area contributed by atoms with Crippen molar-refractivity contribution in [3.63, 3.8) is 0 Å². The molecular weight excluding hydrogens is 322 g/mol. The second-order valence-electron chi connectivity index (χ2n) is 6.55. The zero-order valence-corrected chi connectivity index (χ0v) is 15.5. The summed E-state index contributed by atoms with van der Waals surface area (Å²) in [5.74, 6) is 2.29. The van der Waals surface area contributed by atoms with Gasteiger partial charge in [-0.3, -0.25) is 0 Å². The molecule has 0 atom stereocenters. The quantitative estimate of drug-likeness (QED) is 0.672. The number of aryl methyl sites for hydroxylation is 1. The van der Waals surface area contributed by atoms with E-state index in [1.165, 1.54) is 5.56 Å². The summed E-state index contributed by atoms with van der Waals surface area (Å²) in [6, 6.07) is 20.3. The number of benzene rings is 2. The third-order valence-corrected chi connectivity index (χ3v) is 3.95. The minimum Gasteiger partial charge on any atom is -0.369 e. The van der Waals surface area contributed by atoms with Gasteiger partial charge in [0.2, 0.25) is 0 Å². The maximum absolute atomic E-state index is 4.69. The number of anilines is 3. The fraction of sp³-hybridized carbons (Fsp3) is 0.238. The molecule has 0 amide bonds. The van der Waals surface area contributed by atoms with Gasteiger partial charge in [0.05, 0.1) is 0 Å². The van der Waals surface area contributed by atoms with Crippen molar-refractivity contribution in [2.45, 2.75) is 6.92 Å². The highest BCUT2D eigenvalue weighted by Crippen LogP contribution is 2.22. The van der Waals surface area contributed by atoms with Gasteiger partial charge in [-0.2, -0.15) is 0 Å². The number of nitrogens with one attached hydrogen (secondary N) is 2. The second kappa shape index (κ2) is 8.45. The largest absolute Gasteiger partial charge is 0.369 e. The molecule has 0 radical (unpaired) electrons. The van der Waals surface area contributed by atoms with Gasteiger partial charge in [0.25, 0.3) is 0 Å². The lowest BCUT2D eigenvalue weighted by atomic mass is 10.2. The van der Waals surface area contributed by atoms with E-state index in [4.69, 9.17) is 4.98 Å². The first-order valence-corrected chi connectivity index (χ1v) is 8.77. The lowest BCUT2D eigenvalue weighted by Crippen LogP contribution is -2.21. The van der Waals surface area contributed by atoms with Crippen molar-refractivity contribution in [1.82, 2.24) is 14.9 Å². The van der Waals surface area contributed by atoms with Crippen molar-refractivity contribution in [3.8, 4) is 11.4 Å². The summed E-state index contributed by atoms with van der Waals surface area (Å²) in [6.07, 6.45) is 0. The Morgan fingerprint density at radius 1 is 0.885 bits per heavy atom. The number of nitrogens with zero attached hydrogens (tertiary/aromatic N) is 3. The molecule has 0 fully saturated rings. The summed E-state index contributed by atoms with van der Waals surface area (Å²) < 4.78 is 0. The lowest BCUT2D eigenvalue weighted by Gasteiger charge is -2.13. The summed E-state index contributed by atoms with van der Waals surface area (Å²) in [5, 5.41) is 6.77. The molecule has 2 N–H and O–H groups in total. The molecule has 0 spiro atoms. The molecule has 0 saturated heterocycles. The van der Waals surface area contributed by atoms with Gasteiger partial charge in [0.1, 0.15) is 11.6 Å². The molecule has 0 aliphatic carbocycles. The van der Waals surface area contributed by atoms with Gasteiger partial charge < -0.3 is 15.5 Å². The van der Waals surface area contributed by atoms with E-state index in [9.17, 15) is 0 Å². The number of hydrogen-bond donors (Lipinski definition) is 2. The topological polar surface area (TPSA) is 53.1 Å². The van der Waals surface area contributed by atoms with Crippen LogP contribution in [0.25, 0.3) is 11.4 Å². The van der Waals surface area contributed by atoms with Crippen LogP contribution in [0.2, 0.25) is 0 Å². The van der Waals surface area contributed by atoms with E-state index in [1.54, 1.807) is 0 Å². The first kappa shape index (κ1) is 17.9. The minimum atomic E-state index is 0.704. The van der Waals surface area contributed by atoms with Crippen LogP contribution in [-0.2, 0) is 0 Å². The van der Waals surface area contributed by atoms with Crippen LogP contribution in [0.1, 0.15) is 5.56 Å². The van der Waals surface area contributed by atoms with Crippen LogP contribution in [0.4, 0.5) is 17.3 Å². The SMILES string of the molecule is Cc1ccc(Nc2cc(NCCN(C)C)nc(-c3ccccc3)n2)cc1. The Labute approximate surface area is 155 Å². The van der Waals surface area contributed by atoms with Crippen molar-refractivity contribution in [3.05, 3.63) is 66.2 Å². The highest BCUT2D eigenvalue weighted by Gasteiger charge is 2.07. The molecule has 5 heteroatoms. The van der Waals surface area contributed by atoms with Gasteiger partial charge >= 0.3 is 0 Å². The molecular formula is C21H25N5. The normalized spacial score (nSPS) is 10.8. The van der Waals surface area contributed by atoms with Crippen LogP contribution >= 0.6 is 0 Å². The summed E-state index contributed by atoms with van der Waals surface area (Å²) in [5.41, 5.74) is 3.23. The molecule has 3 aromatic rings. The molecule has 3 rings (SSSR count). The summed E-state index contributed by atoms with van der Waals surface area (Å²) in [6.45, 7) is 3.84. The van der Waals surface area contributed by atoms with Crippen LogP contribution < -0.4 is 10.6 Å². The molecule has 0 unspecified atom stereocenters. The Balaban J connectivity index is 1.87. The van der Waals surface area contributed by atoms with E-state index in [2.05, 4.69) is 65.8 Å². The number of hydrogen-bond acceptors (Lipinski definition) is 5. The Morgan fingerprint density at radius 2 is 1.58 bits per heavy atom. The van der Waals surface area contributed by atoms with Gasteiger partial charge in [0, 0.05) is 30.4 Å². The molecule has 5 nitrogen and oxygen atoms in total. The van der Waals surface area contributed by atoms with Crippen molar-refractivity contribution < 1.29 is 0 Å². The van der Waals surface area contributed by atoms with Crippen molar-refractivity contribution in [2.24, 2.45) is 0 Å². The average molecular weight is 347 g/mol. The lowest BCUT2D eigenvalue weighted by molar-refractivity contribution is 0.425. The highest BCUT2D eigenvalue weighted by atomic mass is 15.1. The summed E-state index contributed by atoms with van der Waals surface area (Å²) in [7, 11) is 4.11. The van der Waals surface area contributed by atoms with Gasteiger partial charge in [0.15, 0.2) is 5.82 Å². The Morgan fingerprint density at radius 3 is 2.27 bits per heavy atom. The smallest absolute Gasteiger partial charge is 0.163 e. The van der Waals surface area contributed by atoms with Gasteiger partial charge in [-0.1, -0.05) is 48.0 Å². The predicted octanol–water partition coefficient (Wildman–Crippen LogP) is 4.17. The van der Waals surface area contributed by atoms with Crippen LogP contribution in [-0.4, -0.2) is 42.1 Å². The fourth-order valence-corrected chi connectivity index (χ4v) is 2.51. The van der Waals surface area contributed by atoms with Gasteiger partial charge in [-0.05, 0) is 33.2 Å². The van der Waals surface area contributed by atoms with E-state index < -0.39 is 0 Å². The Bertz CT molecular complexity index is 829. The van der Waals surface area contributed by atoms with Gasteiger partial charge in [-0.25, -0.2) is 9.97 Å². The maximum atomic E-state index is 4.69. The van der Waals surface area contributed by atoms with Crippen molar-refractivity contribution >= 4 is 17.3 Å². The monoisotopic (exact) mass is 347 g/mol. The van der Waals surface area contributed by atoms with Crippen LogP contribution in [0.3, 0.4) is 0 Å². The molecule has 0 aliphatic heterocycles. The van der Waals surface area contributed by atoms with Crippen LogP contribution in [0.5, 0.6) is 0 Å². The predicted molar refractivity (Wildman–Crippen MR) is 109 cm³/mol. The molecule has 0 saturated carbocycles. The van der Waals surface area contributed by atoms with E-state index in [1.807, 2.05) is 36.4 Å². The van der Waals surface area contributed by atoms with Crippen LogP contribution in [0, 0.1) is 6.92 Å². The zero-order chi connectivity index (χ0) is 18.4. The first-order valence-electron chi connectivity index (χ1n) is 8.77. The summed E-state index contributed by atoms with van der Waals surface area (Å²) in [4.78, 5) is 11.5. The Hall–Kier alpha value is -2.92. The van der Waals surface area contributed by atoms with E-state index in [-0.39, 0.29) is 0 Å². The zero-order valence-electron chi connectivity index (χ0n) is 15.5. The number of likely N-dealkylation sites (N-methyl/N-ethyl adjacent to an activating group) is 1. The maximum Gasteiger partial charge on any atom is 0.163 e. The van der Waals surface area contributed by atoms with Crippen molar-refractivity contribution in [2.75, 3.05) is 37.8 Å². The molecule has 0 aliphatic rings. The molecule has 0 bridgehead atoms. The number of aromatic nitrogens is 2. The summed E-state index contributed by atoms with van der Waals surface area (Å²) >= 11 is 0. The molecule has 2 aromatic carbocycles. The Kier molecular flexibility index (Phi) is 5.81. The molecule has 134 valence electrons. The minimum absolute atomic E-state index is 0.704. The number of rotatable bonds is 7. The highest BCUT2D eigenvalue weighted by molar-refractivity contribution is 5.65. The van der Waals surface area contributed by atoms with Crippen molar-refractivity contribution in [1.29, 1.82) is 0 Å². The van der Waals surface area contributed by atoms with E-state index >= 15 is 0 Å². The molecule has 26 heavy (non-hydrogen) atoms. The van der Waals surface area contributed by atoms with E-state index in [0.29, 0.717) is 5.82 Å². The van der Waals surface area contributed by atoms with E-state index in [0.717, 1.165) is 36.0 Å². The third-order valence-electron chi connectivity index (χ3n) is 3.95.